The average Bonchev–Trinajstić information content (AvgIpc) is 2.46. The van der Waals surface area contributed by atoms with E-state index in [1.54, 1.807) is 7.11 Å². The molecule has 0 aromatic heterocycles. The van der Waals surface area contributed by atoms with Gasteiger partial charge in [0.1, 0.15) is 18.1 Å². The summed E-state index contributed by atoms with van der Waals surface area (Å²) >= 11 is 0. The minimum atomic E-state index is 0.591. The Morgan fingerprint density at radius 2 is 1.75 bits per heavy atom. The van der Waals surface area contributed by atoms with Crippen molar-refractivity contribution in [3.63, 3.8) is 0 Å². The van der Waals surface area contributed by atoms with Gasteiger partial charge in [0.2, 0.25) is 0 Å². The van der Waals surface area contributed by atoms with Gasteiger partial charge in [-0.1, -0.05) is 44.2 Å². The van der Waals surface area contributed by atoms with Gasteiger partial charge in [0, 0.05) is 0 Å². The quantitative estimate of drug-likeness (QED) is 0.771. The normalized spacial score (nSPS) is 10.6. The van der Waals surface area contributed by atoms with Gasteiger partial charge in [-0.3, -0.25) is 0 Å². The molecule has 0 aliphatic carbocycles. The summed E-state index contributed by atoms with van der Waals surface area (Å²) in [4.78, 5) is 0. The first kappa shape index (κ1) is 14.4. The molecule has 2 aromatic rings. The Labute approximate surface area is 121 Å². The van der Waals surface area contributed by atoms with Crippen molar-refractivity contribution in [3.05, 3.63) is 59.7 Å². The van der Waals surface area contributed by atoms with Gasteiger partial charge in [-0.25, -0.2) is 0 Å². The molecule has 0 saturated heterocycles. The van der Waals surface area contributed by atoms with Gasteiger partial charge in [0.15, 0.2) is 0 Å². The van der Waals surface area contributed by atoms with E-state index in [0.29, 0.717) is 12.5 Å². The third-order valence-electron chi connectivity index (χ3n) is 3.13. The zero-order valence-electron chi connectivity index (χ0n) is 12.4. The first-order valence-electron chi connectivity index (χ1n) is 7.02. The van der Waals surface area contributed by atoms with E-state index in [9.17, 15) is 0 Å². The van der Waals surface area contributed by atoms with E-state index in [2.05, 4.69) is 32.0 Å². The lowest BCUT2D eigenvalue weighted by atomic mass is 10.0. The zero-order chi connectivity index (χ0) is 14.4. The highest BCUT2D eigenvalue weighted by molar-refractivity contribution is 5.40. The monoisotopic (exact) mass is 270 g/mol. The largest absolute Gasteiger partial charge is 0.496 e. The third kappa shape index (κ3) is 4.02. The highest BCUT2D eigenvalue weighted by Gasteiger charge is 2.07. The van der Waals surface area contributed by atoms with E-state index in [1.165, 1.54) is 11.1 Å². The second kappa shape index (κ2) is 6.99. The van der Waals surface area contributed by atoms with Crippen LogP contribution in [0.25, 0.3) is 0 Å². The minimum Gasteiger partial charge on any atom is -0.496 e. The van der Waals surface area contributed by atoms with Crippen LogP contribution in [0.2, 0.25) is 0 Å². The topological polar surface area (TPSA) is 18.5 Å². The number of hydrogen-bond acceptors (Lipinski definition) is 2. The van der Waals surface area contributed by atoms with Gasteiger partial charge in [0.25, 0.3) is 0 Å². The van der Waals surface area contributed by atoms with E-state index in [4.69, 9.17) is 9.47 Å². The maximum absolute atomic E-state index is 5.86. The third-order valence-corrected chi connectivity index (χ3v) is 3.13. The number of ether oxygens (including phenoxy) is 2. The Morgan fingerprint density at radius 1 is 1.00 bits per heavy atom. The maximum atomic E-state index is 5.86. The van der Waals surface area contributed by atoms with E-state index in [0.717, 1.165) is 17.9 Å². The molecular weight excluding hydrogens is 248 g/mol. The number of rotatable bonds is 6. The van der Waals surface area contributed by atoms with Gasteiger partial charge in [-0.05, 0) is 41.7 Å². The highest BCUT2D eigenvalue weighted by atomic mass is 16.5. The summed E-state index contributed by atoms with van der Waals surface area (Å²) in [7, 11) is 1.71. The smallest absolute Gasteiger partial charge is 0.122 e. The van der Waals surface area contributed by atoms with Gasteiger partial charge >= 0.3 is 0 Å². The Balaban J connectivity index is 2.08. The molecule has 106 valence electrons. The molecular formula is C18H22O2. The molecule has 2 rings (SSSR count). The lowest BCUT2D eigenvalue weighted by molar-refractivity contribution is 0.304. The standard InChI is InChI=1S/C18H22O2/c1-14(2)11-16-12-17(9-10-18(16)19-3)20-13-15-7-5-4-6-8-15/h4-10,12,14H,11,13H2,1-3H3. The Bertz CT molecular complexity index is 532. The molecule has 20 heavy (non-hydrogen) atoms. The van der Waals surface area contributed by atoms with Crippen LogP contribution < -0.4 is 9.47 Å². The van der Waals surface area contributed by atoms with Crippen molar-refractivity contribution in [2.24, 2.45) is 5.92 Å². The summed E-state index contributed by atoms with van der Waals surface area (Å²) in [5, 5.41) is 0. The van der Waals surface area contributed by atoms with E-state index >= 15 is 0 Å². The molecule has 0 fully saturated rings. The molecule has 0 saturated carbocycles. The lowest BCUT2D eigenvalue weighted by Gasteiger charge is -2.13. The molecule has 0 bridgehead atoms. The summed E-state index contributed by atoms with van der Waals surface area (Å²) in [6.45, 7) is 5.00. The first-order valence-corrected chi connectivity index (χ1v) is 7.02. The molecule has 0 amide bonds. The molecule has 0 unspecified atom stereocenters. The Morgan fingerprint density at radius 3 is 2.40 bits per heavy atom. The fourth-order valence-electron chi connectivity index (χ4n) is 2.18. The number of benzene rings is 2. The fraction of sp³-hybridized carbons (Fsp3) is 0.333. The van der Waals surface area contributed by atoms with Crippen molar-refractivity contribution in [2.75, 3.05) is 7.11 Å². The fourth-order valence-corrected chi connectivity index (χ4v) is 2.18. The highest BCUT2D eigenvalue weighted by Crippen LogP contribution is 2.26. The van der Waals surface area contributed by atoms with Crippen LogP contribution in [-0.2, 0) is 13.0 Å². The van der Waals surface area contributed by atoms with Crippen molar-refractivity contribution < 1.29 is 9.47 Å². The van der Waals surface area contributed by atoms with Gasteiger partial charge in [0.05, 0.1) is 7.11 Å². The Hall–Kier alpha value is -1.96. The summed E-state index contributed by atoms with van der Waals surface area (Å²) in [6, 6.07) is 16.2. The maximum Gasteiger partial charge on any atom is 0.122 e. The molecule has 2 aromatic carbocycles. The number of hydrogen-bond donors (Lipinski definition) is 0. The van der Waals surface area contributed by atoms with Crippen LogP contribution in [0.15, 0.2) is 48.5 Å². The summed E-state index contributed by atoms with van der Waals surface area (Å²) in [6.07, 6.45) is 0.992. The summed E-state index contributed by atoms with van der Waals surface area (Å²) in [5.41, 5.74) is 2.38. The predicted octanol–water partition coefficient (Wildman–Crippen LogP) is 4.47. The Kier molecular flexibility index (Phi) is 5.05. The molecule has 0 spiro atoms. The van der Waals surface area contributed by atoms with Crippen LogP contribution >= 0.6 is 0 Å². The molecule has 2 heteroatoms. The van der Waals surface area contributed by atoms with Crippen molar-refractivity contribution in [2.45, 2.75) is 26.9 Å². The molecule has 0 aliphatic rings. The lowest BCUT2D eigenvalue weighted by Crippen LogP contribution is -2.00. The first-order chi connectivity index (χ1) is 9.69. The number of methoxy groups -OCH3 is 1. The van der Waals surface area contributed by atoms with Crippen molar-refractivity contribution in [1.29, 1.82) is 0 Å². The molecule has 0 N–H and O–H groups in total. The second-order valence-electron chi connectivity index (χ2n) is 5.35. The van der Waals surface area contributed by atoms with Crippen LogP contribution in [-0.4, -0.2) is 7.11 Å². The van der Waals surface area contributed by atoms with Crippen LogP contribution in [0, 0.1) is 5.92 Å². The second-order valence-corrected chi connectivity index (χ2v) is 5.35. The molecule has 0 heterocycles. The van der Waals surface area contributed by atoms with Crippen LogP contribution in [0.4, 0.5) is 0 Å². The summed E-state index contributed by atoms with van der Waals surface area (Å²) in [5.74, 6) is 2.42. The van der Waals surface area contributed by atoms with Crippen LogP contribution in [0.5, 0.6) is 11.5 Å². The van der Waals surface area contributed by atoms with Crippen molar-refractivity contribution in [3.8, 4) is 11.5 Å². The van der Waals surface area contributed by atoms with E-state index in [1.807, 2.05) is 30.3 Å². The van der Waals surface area contributed by atoms with Crippen molar-refractivity contribution >= 4 is 0 Å². The molecule has 0 aliphatic heterocycles. The van der Waals surface area contributed by atoms with Crippen molar-refractivity contribution in [1.82, 2.24) is 0 Å². The molecule has 0 atom stereocenters. The minimum absolute atomic E-state index is 0.591. The molecule has 0 radical (unpaired) electrons. The van der Waals surface area contributed by atoms with Gasteiger partial charge in [-0.15, -0.1) is 0 Å². The van der Waals surface area contributed by atoms with Gasteiger partial charge < -0.3 is 9.47 Å². The van der Waals surface area contributed by atoms with Crippen LogP contribution in [0.1, 0.15) is 25.0 Å². The summed E-state index contributed by atoms with van der Waals surface area (Å²) < 4.78 is 11.3. The zero-order valence-corrected chi connectivity index (χ0v) is 12.4. The average molecular weight is 270 g/mol. The van der Waals surface area contributed by atoms with E-state index in [-0.39, 0.29) is 0 Å². The van der Waals surface area contributed by atoms with Crippen LogP contribution in [0.3, 0.4) is 0 Å². The molecule has 2 nitrogen and oxygen atoms in total. The van der Waals surface area contributed by atoms with Gasteiger partial charge in [-0.2, -0.15) is 0 Å². The predicted molar refractivity (Wildman–Crippen MR) is 82.3 cm³/mol. The van der Waals surface area contributed by atoms with E-state index < -0.39 is 0 Å². The SMILES string of the molecule is COc1ccc(OCc2ccccc2)cc1CC(C)C.